The number of pyridine rings is 2. The van der Waals surface area contributed by atoms with Crippen LogP contribution in [0.3, 0.4) is 0 Å². The van der Waals surface area contributed by atoms with Crippen LogP contribution in [0.15, 0.2) is 61.1 Å². The molecule has 0 aliphatic heterocycles. The topological polar surface area (TPSA) is 43.6 Å². The Kier molecular flexibility index (Phi) is 5.28. The van der Waals surface area contributed by atoms with Crippen LogP contribution in [0.1, 0.15) is 19.0 Å². The van der Waals surface area contributed by atoms with Gasteiger partial charge in [-0.3, -0.25) is 14.6 Å². The van der Waals surface area contributed by atoms with Gasteiger partial charge in [0, 0.05) is 46.7 Å². The Balaban J connectivity index is 1.66. The molecule has 4 nitrogen and oxygen atoms in total. The normalized spacial score (nSPS) is 13.0. The summed E-state index contributed by atoms with van der Waals surface area (Å²) >= 11 is 0. The Morgan fingerprint density at radius 2 is 1.90 bits per heavy atom. The molecule has 0 amide bonds. The Hall–Kier alpha value is -3.22. The molecule has 1 atom stereocenters. The zero-order chi connectivity index (χ0) is 21.3. The van der Waals surface area contributed by atoms with Crippen LogP contribution in [0.4, 0.5) is 13.2 Å². The summed E-state index contributed by atoms with van der Waals surface area (Å²) in [7, 11) is 0. The van der Waals surface area contributed by atoms with Crippen LogP contribution in [0.2, 0.25) is 0 Å². The maximum absolute atomic E-state index is 12.8. The zero-order valence-electron chi connectivity index (χ0n) is 16.7. The number of aromatic nitrogens is 4. The first-order valence-corrected chi connectivity index (χ1v) is 9.73. The van der Waals surface area contributed by atoms with Crippen molar-refractivity contribution in [2.45, 2.75) is 33.0 Å². The molecular formula is C23H21F3N4. The minimum atomic E-state index is -4.19. The first-order chi connectivity index (χ1) is 14.3. The van der Waals surface area contributed by atoms with E-state index in [1.54, 1.807) is 23.3 Å². The second-order valence-electron chi connectivity index (χ2n) is 7.48. The SMILES string of the molecule is Cc1ccc(-c2cnn(CCC(C)C(F)(F)F)c2)c(-c2ccc3cccnc3c2)n1. The highest BCUT2D eigenvalue weighted by atomic mass is 19.4. The van der Waals surface area contributed by atoms with Gasteiger partial charge in [-0.05, 0) is 31.5 Å². The minimum absolute atomic E-state index is 0.0139. The number of benzene rings is 1. The number of halogens is 3. The van der Waals surface area contributed by atoms with Crippen molar-refractivity contribution < 1.29 is 13.2 Å². The van der Waals surface area contributed by atoms with Crippen molar-refractivity contribution in [1.82, 2.24) is 19.7 Å². The lowest BCUT2D eigenvalue weighted by Gasteiger charge is -2.14. The van der Waals surface area contributed by atoms with E-state index in [4.69, 9.17) is 4.98 Å². The molecule has 0 saturated carbocycles. The van der Waals surface area contributed by atoms with E-state index in [1.807, 2.05) is 49.4 Å². The largest absolute Gasteiger partial charge is 0.391 e. The van der Waals surface area contributed by atoms with Crippen LogP contribution in [0, 0.1) is 12.8 Å². The third-order valence-corrected chi connectivity index (χ3v) is 5.21. The van der Waals surface area contributed by atoms with E-state index < -0.39 is 12.1 Å². The Labute approximate surface area is 172 Å². The van der Waals surface area contributed by atoms with E-state index >= 15 is 0 Å². The van der Waals surface area contributed by atoms with Gasteiger partial charge in [0.1, 0.15) is 0 Å². The van der Waals surface area contributed by atoms with Gasteiger partial charge in [0.2, 0.25) is 0 Å². The summed E-state index contributed by atoms with van der Waals surface area (Å²) in [5.74, 6) is -1.37. The Morgan fingerprint density at radius 1 is 1.07 bits per heavy atom. The molecule has 7 heteroatoms. The van der Waals surface area contributed by atoms with E-state index in [9.17, 15) is 13.2 Å². The molecule has 30 heavy (non-hydrogen) atoms. The Bertz CT molecular complexity index is 1180. The van der Waals surface area contributed by atoms with Crippen molar-refractivity contribution in [3.63, 3.8) is 0 Å². The van der Waals surface area contributed by atoms with E-state index in [0.717, 1.165) is 39.0 Å². The molecule has 0 spiro atoms. The highest BCUT2D eigenvalue weighted by molar-refractivity contribution is 5.87. The molecule has 3 heterocycles. The van der Waals surface area contributed by atoms with Gasteiger partial charge in [-0.25, -0.2) is 0 Å². The van der Waals surface area contributed by atoms with Crippen LogP contribution in [0.25, 0.3) is 33.3 Å². The van der Waals surface area contributed by atoms with E-state index in [-0.39, 0.29) is 13.0 Å². The molecule has 0 radical (unpaired) electrons. The first-order valence-electron chi connectivity index (χ1n) is 9.73. The van der Waals surface area contributed by atoms with Crippen molar-refractivity contribution in [1.29, 1.82) is 0 Å². The molecule has 0 bridgehead atoms. The van der Waals surface area contributed by atoms with E-state index in [0.29, 0.717) is 0 Å². The highest BCUT2D eigenvalue weighted by Gasteiger charge is 2.35. The summed E-state index contributed by atoms with van der Waals surface area (Å²) in [5, 5.41) is 5.31. The van der Waals surface area contributed by atoms with Crippen molar-refractivity contribution in [3.8, 4) is 22.4 Å². The fraction of sp³-hybridized carbons (Fsp3) is 0.261. The van der Waals surface area contributed by atoms with Gasteiger partial charge in [-0.1, -0.05) is 31.2 Å². The van der Waals surface area contributed by atoms with Gasteiger partial charge in [-0.15, -0.1) is 0 Å². The molecule has 4 rings (SSSR count). The van der Waals surface area contributed by atoms with Gasteiger partial charge in [0.05, 0.1) is 23.3 Å². The second kappa shape index (κ2) is 7.89. The number of nitrogens with zero attached hydrogens (tertiary/aromatic N) is 4. The number of aryl methyl sites for hydroxylation is 2. The molecule has 1 unspecified atom stereocenters. The monoisotopic (exact) mass is 410 g/mol. The smallest absolute Gasteiger partial charge is 0.272 e. The van der Waals surface area contributed by atoms with Crippen molar-refractivity contribution in [2.24, 2.45) is 5.92 Å². The molecule has 1 aromatic carbocycles. The maximum Gasteiger partial charge on any atom is 0.391 e. The predicted octanol–water partition coefficient (Wildman–Crippen LogP) is 6.06. The Morgan fingerprint density at radius 3 is 2.70 bits per heavy atom. The third kappa shape index (κ3) is 4.20. The average molecular weight is 410 g/mol. The fourth-order valence-corrected chi connectivity index (χ4v) is 3.34. The van der Waals surface area contributed by atoms with Gasteiger partial charge in [0.25, 0.3) is 0 Å². The molecule has 0 aliphatic rings. The maximum atomic E-state index is 12.8. The molecule has 0 fully saturated rings. The number of hydrogen-bond donors (Lipinski definition) is 0. The van der Waals surface area contributed by atoms with Gasteiger partial charge in [-0.2, -0.15) is 18.3 Å². The van der Waals surface area contributed by atoms with Crippen LogP contribution in [-0.2, 0) is 6.54 Å². The molecule has 3 aromatic heterocycles. The predicted molar refractivity (Wildman–Crippen MR) is 111 cm³/mol. The van der Waals surface area contributed by atoms with Crippen molar-refractivity contribution in [3.05, 3.63) is 66.7 Å². The van der Waals surface area contributed by atoms with Crippen LogP contribution >= 0.6 is 0 Å². The lowest BCUT2D eigenvalue weighted by Crippen LogP contribution is -2.21. The van der Waals surface area contributed by atoms with Gasteiger partial charge in [0.15, 0.2) is 0 Å². The van der Waals surface area contributed by atoms with E-state index in [2.05, 4.69) is 10.1 Å². The van der Waals surface area contributed by atoms with Crippen molar-refractivity contribution in [2.75, 3.05) is 0 Å². The summed E-state index contributed by atoms with van der Waals surface area (Å²) in [6.07, 6.45) is 1.00. The van der Waals surface area contributed by atoms with Gasteiger partial charge < -0.3 is 0 Å². The third-order valence-electron chi connectivity index (χ3n) is 5.21. The zero-order valence-corrected chi connectivity index (χ0v) is 16.7. The number of rotatable bonds is 5. The summed E-state index contributed by atoms with van der Waals surface area (Å²) in [4.78, 5) is 9.15. The summed E-state index contributed by atoms with van der Waals surface area (Å²) in [5.41, 5.74) is 5.18. The quantitative estimate of drug-likeness (QED) is 0.402. The molecule has 0 saturated heterocycles. The van der Waals surface area contributed by atoms with Crippen molar-refractivity contribution >= 4 is 10.9 Å². The highest BCUT2D eigenvalue weighted by Crippen LogP contribution is 2.33. The van der Waals surface area contributed by atoms with Gasteiger partial charge >= 0.3 is 6.18 Å². The lowest BCUT2D eigenvalue weighted by molar-refractivity contribution is -0.171. The van der Waals surface area contributed by atoms with Crippen LogP contribution in [0.5, 0.6) is 0 Å². The standard InChI is InChI=1S/C23H21F3N4/c1-15(23(24,25)26)9-11-30-14-19(13-28-30)20-8-5-16(2)29-22(20)18-7-6-17-4-3-10-27-21(17)12-18/h3-8,10,12-15H,9,11H2,1-2H3. The van der Waals surface area contributed by atoms with E-state index in [1.165, 1.54) is 6.92 Å². The number of fused-ring (bicyclic) bond motifs is 1. The molecule has 4 aromatic rings. The van der Waals surface area contributed by atoms with Crippen LogP contribution in [-0.4, -0.2) is 25.9 Å². The summed E-state index contributed by atoms with van der Waals surface area (Å²) in [6, 6.07) is 13.8. The van der Waals surface area contributed by atoms with Crippen LogP contribution < -0.4 is 0 Å². The average Bonchev–Trinajstić information content (AvgIpc) is 3.19. The second-order valence-corrected chi connectivity index (χ2v) is 7.48. The summed E-state index contributed by atoms with van der Waals surface area (Å²) in [6.45, 7) is 3.32. The lowest BCUT2D eigenvalue weighted by atomic mass is 10.00. The molecule has 154 valence electrons. The first kappa shape index (κ1) is 20.1. The number of alkyl halides is 3. The molecule has 0 aliphatic carbocycles. The summed E-state index contributed by atoms with van der Waals surface area (Å²) < 4.78 is 39.9. The number of hydrogen-bond acceptors (Lipinski definition) is 3. The fourth-order valence-electron chi connectivity index (χ4n) is 3.34. The molecule has 0 N–H and O–H groups in total. The molecular weight excluding hydrogens is 389 g/mol. The minimum Gasteiger partial charge on any atom is -0.272 e.